The van der Waals surface area contributed by atoms with E-state index in [2.05, 4.69) is 15.3 Å². The van der Waals surface area contributed by atoms with Crippen molar-refractivity contribution in [2.45, 2.75) is 0 Å². The lowest BCUT2D eigenvalue weighted by Gasteiger charge is -2.34. The number of rotatable bonds is 2. The summed E-state index contributed by atoms with van der Waals surface area (Å²) in [5, 5.41) is 21.5. The Morgan fingerprint density at radius 2 is 1.61 bits per heavy atom. The van der Waals surface area contributed by atoms with Gasteiger partial charge < -0.3 is 25.3 Å². The summed E-state index contributed by atoms with van der Waals surface area (Å²) >= 11 is 0. The zero-order chi connectivity index (χ0) is 16.2. The lowest BCUT2D eigenvalue weighted by Crippen LogP contribution is -2.50. The number of piperazine rings is 1. The van der Waals surface area contributed by atoms with Crippen molar-refractivity contribution in [2.24, 2.45) is 0 Å². The molecule has 1 aromatic carbocycles. The summed E-state index contributed by atoms with van der Waals surface area (Å²) in [6, 6.07) is 5.45. The van der Waals surface area contributed by atoms with Gasteiger partial charge in [0, 0.05) is 62.5 Å². The van der Waals surface area contributed by atoms with Crippen LogP contribution >= 0.6 is 0 Å². The van der Waals surface area contributed by atoms with Crippen molar-refractivity contribution < 1.29 is 15.0 Å². The zero-order valence-electron chi connectivity index (χ0n) is 12.4. The number of carbonyl (C=O) groups excluding carboxylic acids is 1. The molecule has 8 heteroatoms. The number of hydrogen-bond donors (Lipinski definition) is 3. The first-order chi connectivity index (χ1) is 11.1. The molecule has 0 unspecified atom stereocenters. The van der Waals surface area contributed by atoms with E-state index in [1.807, 2.05) is 4.90 Å². The Balaban J connectivity index is 1.58. The van der Waals surface area contributed by atoms with Gasteiger partial charge in [0.1, 0.15) is 11.5 Å². The van der Waals surface area contributed by atoms with Gasteiger partial charge in [0.15, 0.2) is 0 Å². The normalized spacial score (nSPS) is 14.6. The predicted molar refractivity (Wildman–Crippen MR) is 84.6 cm³/mol. The molecule has 1 aliphatic rings. The second-order valence-corrected chi connectivity index (χ2v) is 5.19. The Labute approximate surface area is 133 Å². The molecule has 0 saturated carbocycles. The number of phenolic OH excluding ortho intramolecular Hbond substituents is 2. The van der Waals surface area contributed by atoms with Gasteiger partial charge in [-0.3, -0.25) is 0 Å². The number of urea groups is 1. The highest BCUT2D eigenvalue weighted by atomic mass is 16.3. The number of nitrogens with zero attached hydrogens (tertiary/aromatic N) is 4. The van der Waals surface area contributed by atoms with Crippen LogP contribution in [0.1, 0.15) is 0 Å². The minimum Gasteiger partial charge on any atom is -0.508 e. The second kappa shape index (κ2) is 6.39. The molecule has 120 valence electrons. The first-order valence-corrected chi connectivity index (χ1v) is 7.23. The van der Waals surface area contributed by atoms with Crippen LogP contribution < -0.4 is 10.2 Å². The maximum atomic E-state index is 12.2. The average Bonchev–Trinajstić information content (AvgIpc) is 2.55. The van der Waals surface area contributed by atoms with E-state index < -0.39 is 0 Å². The lowest BCUT2D eigenvalue weighted by atomic mass is 10.3. The van der Waals surface area contributed by atoms with Gasteiger partial charge in [-0.25, -0.2) is 14.8 Å². The molecule has 2 aromatic rings. The minimum absolute atomic E-state index is 0.105. The highest BCUT2D eigenvalue weighted by Gasteiger charge is 2.22. The van der Waals surface area contributed by atoms with Crippen LogP contribution in [0.2, 0.25) is 0 Å². The maximum Gasteiger partial charge on any atom is 0.321 e. The molecule has 0 bridgehead atoms. The van der Waals surface area contributed by atoms with Crippen molar-refractivity contribution in [1.82, 2.24) is 14.9 Å². The third-order valence-corrected chi connectivity index (χ3v) is 3.56. The highest BCUT2D eigenvalue weighted by Crippen LogP contribution is 2.24. The standard InChI is InChI=1S/C15H17N5O3/c21-12-8-11(9-13(22)10-12)18-15(23)20-6-4-19(5-7-20)14-16-2-1-3-17-14/h1-3,8-10,21-22H,4-7H2,(H,18,23). The first kappa shape index (κ1) is 14.9. The Morgan fingerprint density at radius 3 is 2.22 bits per heavy atom. The van der Waals surface area contributed by atoms with E-state index in [0.717, 1.165) is 0 Å². The van der Waals surface area contributed by atoms with Crippen molar-refractivity contribution >= 4 is 17.7 Å². The Kier molecular flexibility index (Phi) is 4.13. The van der Waals surface area contributed by atoms with Gasteiger partial charge in [-0.05, 0) is 6.07 Å². The molecule has 0 radical (unpaired) electrons. The average molecular weight is 315 g/mol. The molecule has 0 spiro atoms. The number of hydrogen-bond acceptors (Lipinski definition) is 6. The number of amides is 2. The third-order valence-electron chi connectivity index (χ3n) is 3.56. The molecule has 1 fully saturated rings. The minimum atomic E-state index is -0.274. The molecule has 0 atom stereocenters. The topological polar surface area (TPSA) is 102 Å². The first-order valence-electron chi connectivity index (χ1n) is 7.23. The molecule has 1 saturated heterocycles. The fourth-order valence-corrected chi connectivity index (χ4v) is 2.43. The van der Waals surface area contributed by atoms with E-state index in [9.17, 15) is 15.0 Å². The maximum absolute atomic E-state index is 12.2. The zero-order valence-corrected chi connectivity index (χ0v) is 12.4. The highest BCUT2D eigenvalue weighted by molar-refractivity contribution is 5.90. The fourth-order valence-electron chi connectivity index (χ4n) is 2.43. The van der Waals surface area contributed by atoms with Crippen LogP contribution in [0.3, 0.4) is 0 Å². The van der Waals surface area contributed by atoms with Crippen molar-refractivity contribution in [2.75, 3.05) is 36.4 Å². The SMILES string of the molecule is O=C(Nc1cc(O)cc(O)c1)N1CCN(c2ncccn2)CC1. The van der Waals surface area contributed by atoms with Gasteiger partial charge in [-0.1, -0.05) is 0 Å². The summed E-state index contributed by atoms with van der Waals surface area (Å²) in [6.45, 7) is 2.36. The van der Waals surface area contributed by atoms with Crippen LogP contribution in [0.5, 0.6) is 11.5 Å². The van der Waals surface area contributed by atoms with E-state index in [1.165, 1.54) is 18.2 Å². The van der Waals surface area contributed by atoms with Gasteiger partial charge in [-0.15, -0.1) is 0 Å². The molecule has 1 aromatic heterocycles. The number of aromatic nitrogens is 2. The Hall–Kier alpha value is -3.03. The number of aromatic hydroxyl groups is 2. The van der Waals surface area contributed by atoms with Crippen molar-refractivity contribution in [3.63, 3.8) is 0 Å². The van der Waals surface area contributed by atoms with Crippen molar-refractivity contribution in [3.8, 4) is 11.5 Å². The lowest BCUT2D eigenvalue weighted by molar-refractivity contribution is 0.208. The summed E-state index contributed by atoms with van der Waals surface area (Å²) < 4.78 is 0. The van der Waals surface area contributed by atoms with Crippen molar-refractivity contribution in [3.05, 3.63) is 36.7 Å². The van der Waals surface area contributed by atoms with E-state index in [-0.39, 0.29) is 17.5 Å². The van der Waals surface area contributed by atoms with Crippen LogP contribution in [0.4, 0.5) is 16.4 Å². The van der Waals surface area contributed by atoms with Gasteiger partial charge in [0.25, 0.3) is 0 Å². The summed E-state index contributed by atoms with van der Waals surface area (Å²) in [4.78, 5) is 24.3. The predicted octanol–water partition coefficient (Wildman–Crippen LogP) is 1.24. The van der Waals surface area contributed by atoms with Crippen LogP contribution in [0.15, 0.2) is 36.7 Å². The molecule has 23 heavy (non-hydrogen) atoms. The van der Waals surface area contributed by atoms with Gasteiger partial charge in [0.05, 0.1) is 0 Å². The molecule has 3 rings (SSSR count). The molecule has 1 aliphatic heterocycles. The summed E-state index contributed by atoms with van der Waals surface area (Å²) in [5.74, 6) is 0.447. The number of phenols is 2. The molecule has 0 aliphatic carbocycles. The van der Waals surface area contributed by atoms with Crippen molar-refractivity contribution in [1.29, 1.82) is 0 Å². The molecular formula is C15H17N5O3. The van der Waals surface area contributed by atoms with Crippen LogP contribution in [-0.4, -0.2) is 57.3 Å². The molecule has 8 nitrogen and oxygen atoms in total. The molecular weight excluding hydrogens is 298 g/mol. The van der Waals surface area contributed by atoms with Gasteiger partial charge in [0.2, 0.25) is 5.95 Å². The van der Waals surface area contributed by atoms with E-state index in [0.29, 0.717) is 37.8 Å². The molecule has 2 amide bonds. The second-order valence-electron chi connectivity index (χ2n) is 5.19. The largest absolute Gasteiger partial charge is 0.508 e. The number of anilines is 2. The van der Waals surface area contributed by atoms with Crippen LogP contribution in [-0.2, 0) is 0 Å². The van der Waals surface area contributed by atoms with Gasteiger partial charge in [-0.2, -0.15) is 0 Å². The molecule has 3 N–H and O–H groups in total. The van der Waals surface area contributed by atoms with E-state index in [1.54, 1.807) is 23.4 Å². The summed E-state index contributed by atoms with van der Waals surface area (Å²) in [5.41, 5.74) is 0.348. The monoisotopic (exact) mass is 315 g/mol. The number of nitrogens with one attached hydrogen (secondary N) is 1. The fraction of sp³-hybridized carbons (Fsp3) is 0.267. The van der Waals surface area contributed by atoms with E-state index >= 15 is 0 Å². The summed E-state index contributed by atoms with van der Waals surface area (Å²) in [6.07, 6.45) is 3.38. The van der Waals surface area contributed by atoms with E-state index in [4.69, 9.17) is 0 Å². The smallest absolute Gasteiger partial charge is 0.321 e. The quantitative estimate of drug-likeness (QED) is 0.771. The van der Waals surface area contributed by atoms with Crippen LogP contribution in [0.25, 0.3) is 0 Å². The third kappa shape index (κ3) is 3.60. The number of carbonyl (C=O) groups is 1. The Bertz CT molecular complexity index is 667. The summed E-state index contributed by atoms with van der Waals surface area (Å²) in [7, 11) is 0. The van der Waals surface area contributed by atoms with Crippen LogP contribution in [0, 0.1) is 0 Å². The molecule has 2 heterocycles. The van der Waals surface area contributed by atoms with Gasteiger partial charge >= 0.3 is 6.03 Å². The Morgan fingerprint density at radius 1 is 1.00 bits per heavy atom. The number of benzene rings is 1.